The Morgan fingerprint density at radius 2 is 1.74 bits per heavy atom. The summed E-state index contributed by atoms with van der Waals surface area (Å²) in [5.74, 6) is -8.64. The quantitative estimate of drug-likeness (QED) is 0.353. The van der Waals surface area contributed by atoms with Gasteiger partial charge in [-0.1, -0.05) is 0 Å². The Balaban J connectivity index is 1.59. The van der Waals surface area contributed by atoms with Gasteiger partial charge in [-0.05, 0) is 82.2 Å². The third kappa shape index (κ3) is 4.43. The maximum Gasteiger partial charge on any atom is 0.248 e. The van der Waals surface area contributed by atoms with Gasteiger partial charge in [0.15, 0.2) is 17.2 Å². The standard InChI is InChI=1S/C31H38F2N2O7/c1-14(36)21-27(39)24(35(4)5)19-10-17-9-18-20(34(2)3)11-16(8-6-7-15-12-30(32,33)13-15)25(37)23(18)26(38)22(17)29(41)31(19,42)28(21)40/h11,15,17,19,24,37-38,40,42H,6-10,12-13H2,1-5H3/t17-,19-,24-,31+/m0/s1. The summed E-state index contributed by atoms with van der Waals surface area (Å²) >= 11 is 0. The Hall–Kier alpha value is -3.31. The van der Waals surface area contributed by atoms with E-state index in [2.05, 4.69) is 0 Å². The topological polar surface area (TPSA) is 139 Å². The first-order valence-electron chi connectivity index (χ1n) is 14.3. The van der Waals surface area contributed by atoms with Gasteiger partial charge in [0, 0.05) is 44.1 Å². The fourth-order valence-corrected chi connectivity index (χ4v) is 7.61. The van der Waals surface area contributed by atoms with Gasteiger partial charge in [0.1, 0.15) is 22.8 Å². The second-order valence-electron chi connectivity index (χ2n) is 12.8. The second-order valence-corrected chi connectivity index (χ2v) is 12.8. The molecule has 0 bridgehead atoms. The normalized spacial score (nSPS) is 28.8. The molecule has 0 unspecified atom stereocenters. The summed E-state index contributed by atoms with van der Waals surface area (Å²) in [6.07, 6.45) is 1.47. The summed E-state index contributed by atoms with van der Waals surface area (Å²) in [5.41, 5.74) is -1.58. The van der Waals surface area contributed by atoms with Crippen molar-refractivity contribution in [2.45, 2.75) is 69.4 Å². The van der Waals surface area contributed by atoms with Crippen LogP contribution in [-0.2, 0) is 27.2 Å². The zero-order valence-electron chi connectivity index (χ0n) is 24.5. The molecule has 0 aromatic heterocycles. The number of phenols is 1. The largest absolute Gasteiger partial charge is 0.508 e. The fourth-order valence-electron chi connectivity index (χ4n) is 7.61. The Morgan fingerprint density at radius 1 is 1.10 bits per heavy atom. The van der Waals surface area contributed by atoms with Gasteiger partial charge < -0.3 is 25.3 Å². The lowest BCUT2D eigenvalue weighted by atomic mass is 9.57. The molecule has 0 radical (unpaired) electrons. The number of aryl methyl sites for hydroxylation is 1. The number of halogens is 2. The summed E-state index contributed by atoms with van der Waals surface area (Å²) in [6, 6.07) is 0.738. The molecule has 1 aromatic rings. The first kappa shape index (κ1) is 30.2. The average molecular weight is 589 g/mol. The van der Waals surface area contributed by atoms with Gasteiger partial charge in [0.25, 0.3) is 0 Å². The summed E-state index contributed by atoms with van der Waals surface area (Å²) in [7, 11) is 6.80. The molecule has 4 aliphatic carbocycles. The number of phenolic OH excluding ortho intramolecular Hbond substituents is 1. The highest BCUT2D eigenvalue weighted by atomic mass is 19.3. The van der Waals surface area contributed by atoms with E-state index in [1.165, 1.54) is 4.90 Å². The Kier molecular flexibility index (Phi) is 7.29. The van der Waals surface area contributed by atoms with Crippen molar-refractivity contribution in [1.82, 2.24) is 4.90 Å². The number of aromatic hydroxyl groups is 1. The van der Waals surface area contributed by atoms with Crippen LogP contribution < -0.4 is 4.90 Å². The predicted octanol–water partition coefficient (Wildman–Crippen LogP) is 3.50. The number of Topliss-reactive ketones (excluding diaryl/α,β-unsaturated/α-hetero) is 3. The molecule has 42 heavy (non-hydrogen) atoms. The molecule has 9 nitrogen and oxygen atoms in total. The van der Waals surface area contributed by atoms with Crippen molar-refractivity contribution in [3.63, 3.8) is 0 Å². The predicted molar refractivity (Wildman–Crippen MR) is 151 cm³/mol. The van der Waals surface area contributed by atoms with Gasteiger partial charge in [-0.3, -0.25) is 19.3 Å². The van der Waals surface area contributed by atoms with Gasteiger partial charge in [-0.25, -0.2) is 8.78 Å². The van der Waals surface area contributed by atoms with Crippen molar-refractivity contribution in [3.8, 4) is 5.75 Å². The van der Waals surface area contributed by atoms with Gasteiger partial charge in [-0.2, -0.15) is 0 Å². The summed E-state index contributed by atoms with van der Waals surface area (Å²) in [5, 5.41) is 45.8. The molecule has 4 N–H and O–H groups in total. The number of aliphatic hydroxyl groups excluding tert-OH is 2. The van der Waals surface area contributed by atoms with Crippen LogP contribution in [0.15, 0.2) is 23.0 Å². The number of ketones is 3. The molecule has 4 aliphatic rings. The van der Waals surface area contributed by atoms with E-state index in [0.29, 0.717) is 36.1 Å². The van der Waals surface area contributed by atoms with Crippen molar-refractivity contribution < 1.29 is 43.6 Å². The number of fused-ring (bicyclic) bond motifs is 3. The zero-order valence-corrected chi connectivity index (χ0v) is 24.5. The lowest BCUT2D eigenvalue weighted by molar-refractivity contribution is -0.153. The number of nitrogens with zero attached hydrogens (tertiary/aromatic N) is 2. The molecule has 0 amide bonds. The number of likely N-dealkylation sites (N-methyl/N-ethyl adjacent to an activating group) is 1. The van der Waals surface area contributed by atoms with Crippen molar-refractivity contribution in [3.05, 3.63) is 39.7 Å². The summed E-state index contributed by atoms with van der Waals surface area (Å²) in [6.45, 7) is 1.07. The van der Waals surface area contributed by atoms with Crippen LogP contribution in [0.1, 0.15) is 55.7 Å². The molecular weight excluding hydrogens is 550 g/mol. The van der Waals surface area contributed by atoms with Crippen LogP contribution in [-0.4, -0.2) is 88.4 Å². The molecule has 1 aromatic carbocycles. The lowest BCUT2D eigenvalue weighted by Gasteiger charge is -2.50. The van der Waals surface area contributed by atoms with E-state index in [4.69, 9.17) is 0 Å². The van der Waals surface area contributed by atoms with Crippen molar-refractivity contribution in [1.29, 1.82) is 0 Å². The minimum absolute atomic E-state index is 0.0479. The van der Waals surface area contributed by atoms with Crippen LogP contribution in [0.25, 0.3) is 5.76 Å². The number of carbonyl (C=O) groups excluding carboxylic acids is 3. The number of aliphatic hydroxyl groups is 3. The molecule has 2 fully saturated rings. The Labute approximate surface area is 243 Å². The number of benzene rings is 1. The van der Waals surface area contributed by atoms with Crippen molar-refractivity contribution >= 4 is 28.8 Å². The molecule has 11 heteroatoms. The monoisotopic (exact) mass is 588 g/mol. The molecule has 0 spiro atoms. The van der Waals surface area contributed by atoms with Crippen molar-refractivity contribution in [2.75, 3.05) is 33.1 Å². The molecular formula is C31H38F2N2O7. The molecule has 228 valence electrons. The molecule has 0 aliphatic heterocycles. The number of rotatable bonds is 7. The average Bonchev–Trinajstić information content (AvgIpc) is 2.85. The second kappa shape index (κ2) is 10.2. The van der Waals surface area contributed by atoms with Crippen LogP contribution in [0.5, 0.6) is 5.75 Å². The van der Waals surface area contributed by atoms with E-state index in [-0.39, 0.29) is 48.5 Å². The number of carbonyl (C=O) groups is 3. The minimum Gasteiger partial charge on any atom is -0.508 e. The maximum atomic E-state index is 14.1. The third-order valence-corrected chi connectivity index (χ3v) is 9.60. The first-order chi connectivity index (χ1) is 19.5. The highest BCUT2D eigenvalue weighted by molar-refractivity contribution is 6.25. The number of hydrogen-bond donors (Lipinski definition) is 4. The minimum atomic E-state index is -2.62. The fraction of sp³-hybridized carbons (Fsp3) is 0.581. The van der Waals surface area contributed by atoms with Crippen LogP contribution in [0, 0.1) is 17.8 Å². The van der Waals surface area contributed by atoms with E-state index in [9.17, 15) is 43.6 Å². The van der Waals surface area contributed by atoms with Crippen LogP contribution in [0.2, 0.25) is 0 Å². The Bertz CT molecular complexity index is 1440. The zero-order chi connectivity index (χ0) is 31.0. The van der Waals surface area contributed by atoms with E-state index in [1.807, 2.05) is 25.1 Å². The van der Waals surface area contributed by atoms with E-state index >= 15 is 0 Å². The van der Waals surface area contributed by atoms with E-state index < -0.39 is 63.8 Å². The van der Waals surface area contributed by atoms with Gasteiger partial charge in [0.2, 0.25) is 11.7 Å². The maximum absolute atomic E-state index is 14.1. The molecule has 4 atom stereocenters. The number of alkyl halides is 2. The SMILES string of the molecule is CC(=O)C1=C(O)[C@@]2(O)C(=O)C3=C(O)c4c(O)c(CCCC5CC(F)(F)C5)cc(N(C)C)c4C[C@H]3C[C@H]2[C@H](N(C)C)C1=O. The number of anilines is 1. The van der Waals surface area contributed by atoms with E-state index in [0.717, 1.165) is 6.92 Å². The first-order valence-corrected chi connectivity index (χ1v) is 14.3. The Morgan fingerprint density at radius 3 is 2.29 bits per heavy atom. The van der Waals surface area contributed by atoms with E-state index in [1.54, 1.807) is 14.1 Å². The molecule has 5 rings (SSSR count). The summed E-state index contributed by atoms with van der Waals surface area (Å²) < 4.78 is 26.5. The third-order valence-electron chi connectivity index (χ3n) is 9.60. The molecule has 0 heterocycles. The highest BCUT2D eigenvalue weighted by Gasteiger charge is 2.64. The molecule has 2 saturated carbocycles. The summed E-state index contributed by atoms with van der Waals surface area (Å²) in [4.78, 5) is 43.1. The van der Waals surface area contributed by atoms with Gasteiger partial charge >= 0.3 is 0 Å². The molecule has 0 saturated heterocycles. The van der Waals surface area contributed by atoms with Crippen molar-refractivity contribution in [2.24, 2.45) is 17.8 Å². The van der Waals surface area contributed by atoms with Crippen LogP contribution in [0.4, 0.5) is 14.5 Å². The van der Waals surface area contributed by atoms with Gasteiger partial charge in [0.05, 0.1) is 11.6 Å². The van der Waals surface area contributed by atoms with Gasteiger partial charge in [-0.15, -0.1) is 0 Å². The number of hydrogen-bond acceptors (Lipinski definition) is 9. The lowest BCUT2D eigenvalue weighted by Crippen LogP contribution is -2.65. The highest BCUT2D eigenvalue weighted by Crippen LogP contribution is 2.54. The smallest absolute Gasteiger partial charge is 0.248 e. The van der Waals surface area contributed by atoms with Crippen LogP contribution in [0.3, 0.4) is 0 Å². The van der Waals surface area contributed by atoms with Crippen LogP contribution >= 0.6 is 0 Å².